The Balaban J connectivity index is 1.54. The van der Waals surface area contributed by atoms with Crippen LogP contribution in [0.25, 0.3) is 0 Å². The summed E-state index contributed by atoms with van der Waals surface area (Å²) in [5.41, 5.74) is 1.09. The Morgan fingerprint density at radius 3 is 2.93 bits per heavy atom. The van der Waals surface area contributed by atoms with E-state index < -0.39 is 5.97 Å². The van der Waals surface area contributed by atoms with E-state index >= 15 is 0 Å². The molecule has 0 aliphatic heterocycles. The highest BCUT2D eigenvalue weighted by Gasteiger charge is 2.59. The molecular formula is C23H30O4. The lowest BCUT2D eigenvalue weighted by Gasteiger charge is -2.13. The number of esters is 1. The molecule has 0 aromatic heterocycles. The van der Waals surface area contributed by atoms with Crippen molar-refractivity contribution in [1.82, 2.24) is 0 Å². The van der Waals surface area contributed by atoms with Gasteiger partial charge in [-0.05, 0) is 54.7 Å². The summed E-state index contributed by atoms with van der Waals surface area (Å²) >= 11 is 0. The quantitative estimate of drug-likeness (QED) is 0.349. The molecule has 4 nitrogen and oxygen atoms in total. The van der Waals surface area contributed by atoms with E-state index in [1.54, 1.807) is 0 Å². The van der Waals surface area contributed by atoms with Crippen molar-refractivity contribution in [2.45, 2.75) is 45.4 Å². The summed E-state index contributed by atoms with van der Waals surface area (Å²) in [5, 5.41) is 0. The molecule has 2 unspecified atom stereocenters. The van der Waals surface area contributed by atoms with Crippen LogP contribution < -0.4 is 4.74 Å². The SMILES string of the molecule is CCCCCC=CC1[C@H]2C(Cc3cccc(OCC(=O)OC)c3)C(=O)C[C@@H]12. The molecule has 146 valence electrons. The van der Waals surface area contributed by atoms with Crippen molar-refractivity contribution in [3.05, 3.63) is 42.0 Å². The van der Waals surface area contributed by atoms with Gasteiger partial charge in [0.15, 0.2) is 6.61 Å². The third-order valence-electron chi connectivity index (χ3n) is 5.88. The first-order valence-corrected chi connectivity index (χ1v) is 10.1. The standard InChI is InChI=1S/C23H30O4/c1-3-4-5-6-7-11-18-19-14-21(24)20(23(18)19)13-16-9-8-10-17(12-16)27-15-22(25)26-2/h7-12,18-20,23H,3-6,13-15H2,1-2H3/t18?,19-,20?,23+/m0/s1. The maximum Gasteiger partial charge on any atom is 0.343 e. The monoisotopic (exact) mass is 370 g/mol. The number of hydrogen-bond acceptors (Lipinski definition) is 4. The summed E-state index contributed by atoms with van der Waals surface area (Å²) in [7, 11) is 1.34. The number of ketones is 1. The second-order valence-electron chi connectivity index (χ2n) is 7.74. The Bertz CT molecular complexity index is 693. The topological polar surface area (TPSA) is 52.6 Å². The number of carbonyl (C=O) groups excluding carboxylic acids is 2. The van der Waals surface area contributed by atoms with Gasteiger partial charge in [-0.1, -0.05) is 44.1 Å². The number of Topliss-reactive ketones (excluding diaryl/α,β-unsaturated/α-hetero) is 1. The maximum atomic E-state index is 12.4. The first kappa shape index (κ1) is 19.7. The predicted molar refractivity (Wildman–Crippen MR) is 105 cm³/mol. The molecule has 3 rings (SSSR count). The van der Waals surface area contributed by atoms with E-state index in [1.807, 2.05) is 24.3 Å². The molecule has 0 bridgehead atoms. The largest absolute Gasteiger partial charge is 0.482 e. The van der Waals surface area contributed by atoms with E-state index in [2.05, 4.69) is 23.8 Å². The highest BCUT2D eigenvalue weighted by atomic mass is 16.6. The Labute approximate surface area is 161 Å². The van der Waals surface area contributed by atoms with Crippen molar-refractivity contribution in [2.24, 2.45) is 23.7 Å². The lowest BCUT2D eigenvalue weighted by Crippen LogP contribution is -2.16. The van der Waals surface area contributed by atoms with Crippen molar-refractivity contribution in [3.8, 4) is 5.75 Å². The number of benzene rings is 1. The van der Waals surface area contributed by atoms with Crippen LogP contribution in [0.5, 0.6) is 5.75 Å². The Hall–Kier alpha value is -2.10. The fourth-order valence-electron chi connectivity index (χ4n) is 4.37. The molecule has 27 heavy (non-hydrogen) atoms. The second-order valence-corrected chi connectivity index (χ2v) is 7.74. The van der Waals surface area contributed by atoms with Crippen LogP contribution in [0.4, 0.5) is 0 Å². The lowest BCUT2D eigenvalue weighted by atomic mass is 9.91. The minimum atomic E-state index is -0.402. The van der Waals surface area contributed by atoms with Crippen LogP contribution in [0.15, 0.2) is 36.4 Å². The molecule has 0 radical (unpaired) electrons. The molecule has 4 atom stereocenters. The number of rotatable bonds is 10. The maximum absolute atomic E-state index is 12.4. The third-order valence-corrected chi connectivity index (χ3v) is 5.88. The van der Waals surface area contributed by atoms with Crippen molar-refractivity contribution < 1.29 is 19.1 Å². The van der Waals surface area contributed by atoms with Gasteiger partial charge < -0.3 is 9.47 Å². The average molecular weight is 370 g/mol. The number of fused-ring (bicyclic) bond motifs is 1. The van der Waals surface area contributed by atoms with Gasteiger partial charge in [-0.25, -0.2) is 4.79 Å². The lowest BCUT2D eigenvalue weighted by molar-refractivity contribution is -0.142. The zero-order valence-electron chi connectivity index (χ0n) is 16.4. The molecule has 0 saturated heterocycles. The summed E-state index contributed by atoms with van der Waals surface area (Å²) in [6.07, 6.45) is 11.1. The van der Waals surface area contributed by atoms with Gasteiger partial charge in [0.25, 0.3) is 0 Å². The smallest absolute Gasteiger partial charge is 0.343 e. The van der Waals surface area contributed by atoms with Crippen LogP contribution in [0.3, 0.4) is 0 Å². The fourth-order valence-corrected chi connectivity index (χ4v) is 4.37. The third kappa shape index (κ3) is 5.00. The van der Waals surface area contributed by atoms with Crippen molar-refractivity contribution in [1.29, 1.82) is 0 Å². The molecule has 0 amide bonds. The summed E-state index contributed by atoms with van der Waals surface area (Å²) in [6.45, 7) is 2.12. The van der Waals surface area contributed by atoms with E-state index in [-0.39, 0.29) is 12.5 Å². The minimum absolute atomic E-state index is 0.0993. The van der Waals surface area contributed by atoms with Gasteiger partial charge in [0.05, 0.1) is 7.11 Å². The van der Waals surface area contributed by atoms with Crippen LogP contribution >= 0.6 is 0 Å². The van der Waals surface area contributed by atoms with Crippen LogP contribution in [0, 0.1) is 23.7 Å². The summed E-state index contributed by atoms with van der Waals surface area (Å²) in [4.78, 5) is 23.6. The highest BCUT2D eigenvalue weighted by Crippen LogP contribution is 2.60. The van der Waals surface area contributed by atoms with Gasteiger partial charge in [-0.3, -0.25) is 4.79 Å². The van der Waals surface area contributed by atoms with E-state index in [0.29, 0.717) is 29.3 Å². The summed E-state index contributed by atoms with van der Waals surface area (Å²) < 4.78 is 10.1. The first-order chi connectivity index (χ1) is 13.1. The van der Waals surface area contributed by atoms with Gasteiger partial charge in [-0.2, -0.15) is 0 Å². The minimum Gasteiger partial charge on any atom is -0.482 e. The number of hydrogen-bond donors (Lipinski definition) is 0. The van der Waals surface area contributed by atoms with E-state index in [4.69, 9.17) is 4.74 Å². The zero-order chi connectivity index (χ0) is 19.2. The summed E-state index contributed by atoms with van der Waals surface area (Å²) in [5.74, 6) is 2.43. The molecule has 2 fully saturated rings. The summed E-state index contributed by atoms with van der Waals surface area (Å²) in [6, 6.07) is 7.70. The van der Waals surface area contributed by atoms with Gasteiger partial charge in [0, 0.05) is 12.3 Å². The fraction of sp³-hybridized carbons (Fsp3) is 0.565. The molecule has 4 heteroatoms. The van der Waals surface area contributed by atoms with Crippen molar-refractivity contribution in [3.63, 3.8) is 0 Å². The molecule has 0 spiro atoms. The van der Waals surface area contributed by atoms with Crippen LogP contribution in [0.1, 0.15) is 44.6 Å². The van der Waals surface area contributed by atoms with Crippen LogP contribution in [-0.4, -0.2) is 25.5 Å². The molecule has 0 heterocycles. The number of allylic oxidation sites excluding steroid dienone is 2. The molecule has 0 N–H and O–H groups in total. The molecule has 1 aromatic rings. The van der Waals surface area contributed by atoms with Gasteiger partial charge in [0.1, 0.15) is 11.5 Å². The Kier molecular flexibility index (Phi) is 6.70. The van der Waals surface area contributed by atoms with E-state index in [9.17, 15) is 9.59 Å². The van der Waals surface area contributed by atoms with Gasteiger partial charge >= 0.3 is 5.97 Å². The van der Waals surface area contributed by atoms with Crippen LogP contribution in [-0.2, 0) is 20.7 Å². The molecule has 2 saturated carbocycles. The first-order valence-electron chi connectivity index (χ1n) is 10.1. The number of carbonyl (C=O) groups is 2. The normalized spacial score (nSPS) is 26.2. The second kappa shape index (κ2) is 9.20. The number of unbranched alkanes of at least 4 members (excludes halogenated alkanes) is 3. The van der Waals surface area contributed by atoms with Crippen molar-refractivity contribution >= 4 is 11.8 Å². The molecule has 2 aliphatic carbocycles. The number of ether oxygens (including phenoxy) is 2. The number of methoxy groups -OCH3 is 1. The Morgan fingerprint density at radius 2 is 2.15 bits per heavy atom. The van der Waals surface area contributed by atoms with E-state index in [0.717, 1.165) is 24.8 Å². The van der Waals surface area contributed by atoms with Crippen molar-refractivity contribution in [2.75, 3.05) is 13.7 Å². The zero-order valence-corrected chi connectivity index (χ0v) is 16.4. The molecule has 2 aliphatic rings. The molecule has 1 aromatic carbocycles. The van der Waals surface area contributed by atoms with E-state index in [1.165, 1.54) is 26.4 Å². The van der Waals surface area contributed by atoms with Gasteiger partial charge in [-0.15, -0.1) is 0 Å². The average Bonchev–Trinajstić information content (AvgIpc) is 3.24. The molecular weight excluding hydrogens is 340 g/mol. The van der Waals surface area contributed by atoms with Gasteiger partial charge in [0.2, 0.25) is 0 Å². The Morgan fingerprint density at radius 1 is 1.30 bits per heavy atom. The highest BCUT2D eigenvalue weighted by molar-refractivity contribution is 5.86. The van der Waals surface area contributed by atoms with Crippen LogP contribution in [0.2, 0.25) is 0 Å². The predicted octanol–water partition coefficient (Wildman–Crippen LogP) is 4.37.